The van der Waals surface area contributed by atoms with Gasteiger partial charge < -0.3 is 14.6 Å². The molecule has 1 saturated heterocycles. The highest BCUT2D eigenvalue weighted by atomic mass is 16.7. The Morgan fingerprint density at radius 3 is 2.67 bits per heavy atom. The summed E-state index contributed by atoms with van der Waals surface area (Å²) >= 11 is 0. The van der Waals surface area contributed by atoms with Crippen LogP contribution in [0, 0.1) is 29.1 Å². The van der Waals surface area contributed by atoms with Crippen molar-refractivity contribution in [3.63, 3.8) is 0 Å². The molecule has 2 saturated carbocycles. The summed E-state index contributed by atoms with van der Waals surface area (Å²) in [5.74, 6) is 2.30. The minimum absolute atomic E-state index is 0.0707. The first-order valence-corrected chi connectivity index (χ1v) is 13.2. The van der Waals surface area contributed by atoms with Gasteiger partial charge >= 0.3 is 0 Å². The highest BCUT2D eigenvalue weighted by Crippen LogP contribution is 2.68. The molecule has 3 aliphatic carbocycles. The number of ether oxygens (including phenoxy) is 2. The van der Waals surface area contributed by atoms with Crippen LogP contribution >= 0.6 is 0 Å². The third-order valence-electron chi connectivity index (χ3n) is 9.80. The van der Waals surface area contributed by atoms with Crippen molar-refractivity contribution in [2.24, 2.45) is 29.1 Å². The van der Waals surface area contributed by atoms with Gasteiger partial charge in [0.25, 0.3) is 0 Å². The molecule has 182 valence electrons. The first kappa shape index (κ1) is 23.4. The normalized spacial score (nSPS) is 41.1. The van der Waals surface area contributed by atoms with Crippen molar-refractivity contribution in [1.82, 2.24) is 0 Å². The van der Waals surface area contributed by atoms with Crippen LogP contribution in [0.15, 0.2) is 18.2 Å². The maximum absolute atomic E-state index is 12.6. The Morgan fingerprint density at radius 2 is 1.94 bits per heavy atom. The average molecular weight is 455 g/mol. The molecule has 0 amide bonds. The Balaban J connectivity index is 1.47. The zero-order chi connectivity index (χ0) is 23.8. The number of aromatic hydroxyl groups is 1. The molecule has 3 fully saturated rings. The van der Waals surface area contributed by atoms with Gasteiger partial charge in [-0.1, -0.05) is 26.8 Å². The van der Waals surface area contributed by atoms with Crippen molar-refractivity contribution in [1.29, 1.82) is 0 Å². The molecule has 4 nitrogen and oxygen atoms in total. The summed E-state index contributed by atoms with van der Waals surface area (Å²) in [6, 6.07) is 6.03. The third kappa shape index (κ3) is 3.76. The molecule has 4 aliphatic rings. The van der Waals surface area contributed by atoms with Crippen LogP contribution in [0.4, 0.5) is 0 Å². The lowest BCUT2D eigenvalue weighted by atomic mass is 9.52. The molecule has 1 N–H and O–H groups in total. The Hall–Kier alpha value is -1.39. The minimum Gasteiger partial charge on any atom is -0.508 e. The number of rotatable bonds is 4. The summed E-state index contributed by atoms with van der Waals surface area (Å²) in [7, 11) is 0. The van der Waals surface area contributed by atoms with Crippen molar-refractivity contribution in [2.75, 3.05) is 0 Å². The smallest absolute Gasteiger partial charge is 0.163 e. The van der Waals surface area contributed by atoms with E-state index in [9.17, 15) is 9.90 Å². The summed E-state index contributed by atoms with van der Waals surface area (Å²) < 4.78 is 13.4. The van der Waals surface area contributed by atoms with Crippen LogP contribution in [-0.2, 0) is 20.7 Å². The molecule has 0 unspecified atom stereocenters. The largest absolute Gasteiger partial charge is 0.508 e. The number of fused-ring (bicyclic) bond motifs is 7. The Kier molecular flexibility index (Phi) is 5.53. The molecular weight excluding hydrogens is 412 g/mol. The topological polar surface area (TPSA) is 55.8 Å². The number of carbonyl (C=O) groups excluding carboxylic acids is 1. The van der Waals surface area contributed by atoms with Crippen LogP contribution in [0.3, 0.4) is 0 Å². The number of phenolic OH excluding ortho intramolecular Hbond substituents is 1. The number of hydrogen-bond acceptors (Lipinski definition) is 4. The fraction of sp³-hybridized carbons (Fsp3) is 0.759. The van der Waals surface area contributed by atoms with E-state index in [2.05, 4.69) is 19.9 Å². The SMILES string of the molecule is CC(C)C(=O)CC[C@]1(C)OC(C)(C)O[C@H]2C[C@H]3[C@@H]4CCc5cc(O)ccc5[C@H]4CC[C@]3(C)[C@H]21. The monoisotopic (exact) mass is 454 g/mol. The Bertz CT molecular complexity index is 936. The second kappa shape index (κ2) is 7.81. The van der Waals surface area contributed by atoms with Gasteiger partial charge in [-0.3, -0.25) is 4.79 Å². The average Bonchev–Trinajstić information content (AvgIpc) is 3.03. The number of ketones is 1. The highest BCUT2D eigenvalue weighted by molar-refractivity contribution is 5.80. The maximum Gasteiger partial charge on any atom is 0.163 e. The first-order chi connectivity index (χ1) is 15.4. The van der Waals surface area contributed by atoms with Gasteiger partial charge in [0.05, 0.1) is 11.7 Å². The highest BCUT2D eigenvalue weighted by Gasteiger charge is 2.66. The molecule has 0 bridgehead atoms. The fourth-order valence-corrected chi connectivity index (χ4v) is 8.64. The van der Waals surface area contributed by atoms with E-state index in [1.807, 2.05) is 39.8 Å². The summed E-state index contributed by atoms with van der Waals surface area (Å²) in [4.78, 5) is 12.6. The van der Waals surface area contributed by atoms with Crippen LogP contribution in [0.1, 0.15) is 97.1 Å². The van der Waals surface area contributed by atoms with Crippen LogP contribution < -0.4 is 0 Å². The Morgan fingerprint density at radius 1 is 1.18 bits per heavy atom. The molecule has 0 spiro atoms. The molecule has 5 rings (SSSR count). The summed E-state index contributed by atoms with van der Waals surface area (Å²) in [5, 5.41) is 9.99. The van der Waals surface area contributed by atoms with Crippen LogP contribution in [-0.4, -0.2) is 28.4 Å². The molecule has 1 aromatic carbocycles. The lowest BCUT2D eigenvalue weighted by molar-refractivity contribution is -0.358. The van der Waals surface area contributed by atoms with Gasteiger partial charge in [-0.15, -0.1) is 0 Å². The second-order valence-corrected chi connectivity index (χ2v) is 12.6. The van der Waals surface area contributed by atoms with E-state index in [0.717, 1.165) is 19.3 Å². The first-order valence-electron chi connectivity index (χ1n) is 13.2. The zero-order valence-electron chi connectivity index (χ0n) is 21.3. The van der Waals surface area contributed by atoms with Crippen molar-refractivity contribution >= 4 is 5.78 Å². The standard InChI is InChI=1S/C29H42O4/c1-17(2)24(31)12-14-29(6)26-25(32-27(3,4)33-29)16-23-22-9-7-18-15-19(30)8-10-20(18)21(22)11-13-28(23,26)5/h8,10,15,17,21-23,25-26,30H,7,9,11-14,16H2,1-6H3/t21-,22-,23+,25+,26+,28+,29+/m1/s1. The number of benzene rings is 1. The number of aryl methyl sites for hydroxylation is 1. The fourth-order valence-electron chi connectivity index (χ4n) is 8.64. The number of phenols is 1. The van der Waals surface area contributed by atoms with Crippen molar-refractivity contribution in [3.8, 4) is 5.75 Å². The third-order valence-corrected chi connectivity index (χ3v) is 9.80. The van der Waals surface area contributed by atoms with E-state index in [1.54, 1.807) is 0 Å². The minimum atomic E-state index is -0.628. The summed E-state index contributed by atoms with van der Waals surface area (Å²) in [6.07, 6.45) is 7.22. The summed E-state index contributed by atoms with van der Waals surface area (Å²) in [6.45, 7) is 12.8. The quantitative estimate of drug-likeness (QED) is 0.573. The van der Waals surface area contributed by atoms with E-state index in [1.165, 1.54) is 30.4 Å². The molecule has 1 aliphatic heterocycles. The Labute approximate surface area is 199 Å². The molecule has 0 aromatic heterocycles. The second-order valence-electron chi connectivity index (χ2n) is 12.6. The zero-order valence-corrected chi connectivity index (χ0v) is 21.3. The molecule has 1 aromatic rings. The molecule has 7 atom stereocenters. The number of hydrogen-bond donors (Lipinski definition) is 1. The molecule has 4 heteroatoms. The number of carbonyl (C=O) groups is 1. The van der Waals surface area contributed by atoms with Gasteiger partial charge in [0.15, 0.2) is 5.79 Å². The van der Waals surface area contributed by atoms with Gasteiger partial charge in [-0.25, -0.2) is 0 Å². The molecular formula is C29H42O4. The predicted octanol–water partition coefficient (Wildman–Crippen LogP) is 6.39. The van der Waals surface area contributed by atoms with Gasteiger partial charge in [-0.2, -0.15) is 0 Å². The van der Waals surface area contributed by atoms with E-state index in [-0.39, 0.29) is 23.0 Å². The predicted molar refractivity (Wildman–Crippen MR) is 129 cm³/mol. The van der Waals surface area contributed by atoms with Gasteiger partial charge in [0.2, 0.25) is 0 Å². The van der Waals surface area contributed by atoms with E-state index in [0.29, 0.717) is 41.6 Å². The van der Waals surface area contributed by atoms with Crippen molar-refractivity contribution in [3.05, 3.63) is 29.3 Å². The number of Topliss-reactive ketones (excluding diaryl/α,β-unsaturated/α-hetero) is 1. The van der Waals surface area contributed by atoms with E-state index >= 15 is 0 Å². The van der Waals surface area contributed by atoms with Gasteiger partial charge in [-0.05, 0) is 106 Å². The van der Waals surface area contributed by atoms with Crippen molar-refractivity contribution in [2.45, 2.75) is 110 Å². The molecule has 33 heavy (non-hydrogen) atoms. The van der Waals surface area contributed by atoms with Gasteiger partial charge in [0.1, 0.15) is 11.5 Å². The van der Waals surface area contributed by atoms with E-state index in [4.69, 9.17) is 9.47 Å². The van der Waals surface area contributed by atoms with Crippen molar-refractivity contribution < 1.29 is 19.4 Å². The lowest BCUT2D eigenvalue weighted by Gasteiger charge is -2.57. The molecule has 0 radical (unpaired) electrons. The van der Waals surface area contributed by atoms with Gasteiger partial charge in [0, 0.05) is 18.3 Å². The van der Waals surface area contributed by atoms with Crippen LogP contribution in [0.2, 0.25) is 0 Å². The maximum atomic E-state index is 12.6. The lowest BCUT2D eigenvalue weighted by Crippen LogP contribution is -2.60. The van der Waals surface area contributed by atoms with Crippen LogP contribution in [0.25, 0.3) is 0 Å². The van der Waals surface area contributed by atoms with E-state index < -0.39 is 5.79 Å². The van der Waals surface area contributed by atoms with Crippen LogP contribution in [0.5, 0.6) is 5.75 Å². The summed E-state index contributed by atoms with van der Waals surface area (Å²) in [5.41, 5.74) is 2.61. The molecule has 1 heterocycles.